The number of tetrazole rings is 1. The van der Waals surface area contributed by atoms with E-state index in [0.29, 0.717) is 12.4 Å². The van der Waals surface area contributed by atoms with Gasteiger partial charge in [0.05, 0.1) is 12.6 Å². The van der Waals surface area contributed by atoms with Crippen LogP contribution in [0.2, 0.25) is 0 Å². The standard InChI is InChI=1S/C6H12N6O/c1-4(7)6(13)8-3-5-9-10-11-12(5)2/h4H,3,7H2,1-2H3,(H,8,13)/t4-/m0/s1. The first-order valence-corrected chi connectivity index (χ1v) is 3.86. The van der Waals surface area contributed by atoms with Gasteiger partial charge < -0.3 is 11.1 Å². The third kappa shape index (κ3) is 2.48. The number of aromatic nitrogens is 4. The van der Waals surface area contributed by atoms with Gasteiger partial charge in [-0.05, 0) is 17.4 Å². The van der Waals surface area contributed by atoms with E-state index in [1.807, 2.05) is 0 Å². The van der Waals surface area contributed by atoms with Crippen molar-refractivity contribution in [2.24, 2.45) is 12.8 Å². The Morgan fingerprint density at radius 3 is 2.92 bits per heavy atom. The summed E-state index contributed by atoms with van der Waals surface area (Å²) in [5.41, 5.74) is 5.34. The fourth-order valence-electron chi connectivity index (χ4n) is 0.725. The number of nitrogens with zero attached hydrogens (tertiary/aromatic N) is 4. The molecule has 1 atom stereocenters. The molecule has 0 aliphatic carbocycles. The van der Waals surface area contributed by atoms with E-state index < -0.39 is 6.04 Å². The van der Waals surface area contributed by atoms with Crippen molar-refractivity contribution in [3.8, 4) is 0 Å². The maximum absolute atomic E-state index is 11.0. The van der Waals surface area contributed by atoms with Crippen molar-refractivity contribution in [3.63, 3.8) is 0 Å². The molecule has 1 amide bonds. The molecule has 1 aromatic rings. The summed E-state index contributed by atoms with van der Waals surface area (Å²) in [7, 11) is 1.70. The Kier molecular flexibility index (Phi) is 2.91. The molecule has 0 aromatic carbocycles. The molecule has 0 saturated carbocycles. The number of nitrogens with one attached hydrogen (secondary N) is 1. The van der Waals surface area contributed by atoms with Crippen LogP contribution in [0.3, 0.4) is 0 Å². The molecule has 7 heteroatoms. The molecule has 1 rings (SSSR count). The summed E-state index contributed by atoms with van der Waals surface area (Å²) in [6.07, 6.45) is 0. The smallest absolute Gasteiger partial charge is 0.237 e. The summed E-state index contributed by atoms with van der Waals surface area (Å²) in [4.78, 5) is 11.0. The van der Waals surface area contributed by atoms with E-state index in [-0.39, 0.29) is 5.91 Å². The van der Waals surface area contributed by atoms with Gasteiger partial charge >= 0.3 is 0 Å². The highest BCUT2D eigenvalue weighted by molar-refractivity contribution is 5.80. The molecule has 72 valence electrons. The van der Waals surface area contributed by atoms with Gasteiger partial charge in [0.15, 0.2) is 5.82 Å². The van der Waals surface area contributed by atoms with Crippen molar-refractivity contribution < 1.29 is 4.79 Å². The quantitative estimate of drug-likeness (QED) is 0.576. The Morgan fingerprint density at radius 1 is 1.77 bits per heavy atom. The fraction of sp³-hybridized carbons (Fsp3) is 0.667. The van der Waals surface area contributed by atoms with Crippen LogP contribution < -0.4 is 11.1 Å². The second-order valence-corrected chi connectivity index (χ2v) is 2.73. The van der Waals surface area contributed by atoms with Crippen LogP contribution in [0.25, 0.3) is 0 Å². The highest BCUT2D eigenvalue weighted by atomic mass is 16.2. The SMILES string of the molecule is C[C@H](N)C(=O)NCc1nnnn1C. The average Bonchev–Trinajstić information content (AvgIpc) is 2.47. The number of hydrogen-bond acceptors (Lipinski definition) is 5. The summed E-state index contributed by atoms with van der Waals surface area (Å²) in [6, 6.07) is -0.513. The van der Waals surface area contributed by atoms with Crippen LogP contribution in [-0.2, 0) is 18.4 Å². The summed E-state index contributed by atoms with van der Waals surface area (Å²) < 4.78 is 1.49. The molecule has 0 unspecified atom stereocenters. The molecule has 0 fully saturated rings. The second kappa shape index (κ2) is 3.94. The summed E-state index contributed by atoms with van der Waals surface area (Å²) >= 11 is 0. The van der Waals surface area contributed by atoms with Crippen LogP contribution in [0, 0.1) is 0 Å². The molecule has 1 heterocycles. The molecule has 13 heavy (non-hydrogen) atoms. The van der Waals surface area contributed by atoms with Gasteiger partial charge in [-0.15, -0.1) is 5.10 Å². The minimum atomic E-state index is -0.513. The first-order chi connectivity index (χ1) is 6.11. The highest BCUT2D eigenvalue weighted by Gasteiger charge is 2.08. The maximum Gasteiger partial charge on any atom is 0.237 e. The molecule has 0 radical (unpaired) electrons. The van der Waals surface area contributed by atoms with Gasteiger partial charge in [0.2, 0.25) is 5.91 Å². The van der Waals surface area contributed by atoms with E-state index in [1.165, 1.54) is 4.68 Å². The van der Waals surface area contributed by atoms with Gasteiger partial charge in [-0.25, -0.2) is 4.68 Å². The lowest BCUT2D eigenvalue weighted by Gasteiger charge is -2.05. The molecule has 3 N–H and O–H groups in total. The Labute approximate surface area is 75.3 Å². The van der Waals surface area contributed by atoms with Gasteiger partial charge in [-0.3, -0.25) is 4.79 Å². The molecule has 0 saturated heterocycles. The van der Waals surface area contributed by atoms with Gasteiger partial charge in [0.1, 0.15) is 0 Å². The molecular formula is C6H12N6O. The minimum absolute atomic E-state index is 0.219. The predicted molar refractivity (Wildman–Crippen MR) is 44.3 cm³/mol. The van der Waals surface area contributed by atoms with Gasteiger partial charge in [0.25, 0.3) is 0 Å². The molecule has 0 spiro atoms. The average molecular weight is 184 g/mol. The lowest BCUT2D eigenvalue weighted by atomic mass is 10.3. The van der Waals surface area contributed by atoms with Crippen LogP contribution in [-0.4, -0.2) is 32.2 Å². The van der Waals surface area contributed by atoms with Crippen molar-refractivity contribution in [2.45, 2.75) is 19.5 Å². The van der Waals surface area contributed by atoms with E-state index in [9.17, 15) is 4.79 Å². The zero-order valence-electron chi connectivity index (χ0n) is 7.56. The second-order valence-electron chi connectivity index (χ2n) is 2.73. The number of aryl methyl sites for hydroxylation is 1. The fourth-order valence-corrected chi connectivity index (χ4v) is 0.725. The molecule has 0 bridgehead atoms. The van der Waals surface area contributed by atoms with Crippen LogP contribution in [0.15, 0.2) is 0 Å². The van der Waals surface area contributed by atoms with Crippen LogP contribution in [0.4, 0.5) is 0 Å². The third-order valence-electron chi connectivity index (χ3n) is 1.54. The highest BCUT2D eigenvalue weighted by Crippen LogP contribution is 1.87. The lowest BCUT2D eigenvalue weighted by molar-refractivity contribution is -0.122. The lowest BCUT2D eigenvalue weighted by Crippen LogP contribution is -2.38. The predicted octanol–water partition coefficient (Wildman–Crippen LogP) is -1.83. The maximum atomic E-state index is 11.0. The molecular weight excluding hydrogens is 172 g/mol. The van der Waals surface area contributed by atoms with Gasteiger partial charge in [-0.2, -0.15) is 0 Å². The van der Waals surface area contributed by atoms with Crippen molar-refractivity contribution in [1.29, 1.82) is 0 Å². The van der Waals surface area contributed by atoms with Crippen molar-refractivity contribution in [2.75, 3.05) is 0 Å². The normalized spacial score (nSPS) is 12.5. The first kappa shape index (κ1) is 9.59. The van der Waals surface area contributed by atoms with Crippen LogP contribution >= 0.6 is 0 Å². The Hall–Kier alpha value is -1.50. The summed E-state index contributed by atoms with van der Waals surface area (Å²) in [5, 5.41) is 13.3. The zero-order chi connectivity index (χ0) is 9.84. The van der Waals surface area contributed by atoms with E-state index in [0.717, 1.165) is 0 Å². The number of carbonyl (C=O) groups is 1. The summed E-state index contributed by atoms with van der Waals surface area (Å²) in [5.74, 6) is 0.372. The van der Waals surface area contributed by atoms with Gasteiger partial charge in [-0.1, -0.05) is 0 Å². The van der Waals surface area contributed by atoms with E-state index in [4.69, 9.17) is 5.73 Å². The molecule has 0 aliphatic heterocycles. The van der Waals surface area contributed by atoms with E-state index >= 15 is 0 Å². The van der Waals surface area contributed by atoms with Crippen LogP contribution in [0.1, 0.15) is 12.7 Å². The third-order valence-corrected chi connectivity index (χ3v) is 1.54. The number of carbonyl (C=O) groups excluding carboxylic acids is 1. The minimum Gasteiger partial charge on any atom is -0.347 e. The molecule has 1 aromatic heterocycles. The number of hydrogen-bond donors (Lipinski definition) is 2. The Bertz CT molecular complexity index is 293. The largest absolute Gasteiger partial charge is 0.347 e. The zero-order valence-corrected chi connectivity index (χ0v) is 7.56. The van der Waals surface area contributed by atoms with Crippen LogP contribution in [0.5, 0.6) is 0 Å². The monoisotopic (exact) mass is 184 g/mol. The topological polar surface area (TPSA) is 98.7 Å². The molecule has 7 nitrogen and oxygen atoms in total. The number of rotatable bonds is 3. The van der Waals surface area contributed by atoms with E-state index in [2.05, 4.69) is 20.8 Å². The number of amides is 1. The Balaban J connectivity index is 2.44. The van der Waals surface area contributed by atoms with Crippen molar-refractivity contribution >= 4 is 5.91 Å². The van der Waals surface area contributed by atoms with E-state index in [1.54, 1.807) is 14.0 Å². The first-order valence-electron chi connectivity index (χ1n) is 3.86. The van der Waals surface area contributed by atoms with Gasteiger partial charge in [0, 0.05) is 7.05 Å². The summed E-state index contributed by atoms with van der Waals surface area (Å²) in [6.45, 7) is 1.91. The number of nitrogens with two attached hydrogens (primary N) is 1. The van der Waals surface area contributed by atoms with Crippen molar-refractivity contribution in [1.82, 2.24) is 25.5 Å². The Morgan fingerprint density at radius 2 is 2.46 bits per heavy atom. The van der Waals surface area contributed by atoms with Crippen molar-refractivity contribution in [3.05, 3.63) is 5.82 Å². The molecule has 0 aliphatic rings.